The Kier molecular flexibility index (Phi) is 4.43. The van der Waals surface area contributed by atoms with Crippen LogP contribution in [0.15, 0.2) is 24.5 Å². The summed E-state index contributed by atoms with van der Waals surface area (Å²) in [5.41, 5.74) is 1.22. The molecule has 0 saturated heterocycles. The standard InChI is InChI=1S/C10H16N2O/c1-9(8-13)6-12-7-10-2-4-11-5-3-10/h2-5,9,12-13H,6-8H2,1H3. The third-order valence-corrected chi connectivity index (χ3v) is 1.88. The Morgan fingerprint density at radius 2 is 2.15 bits per heavy atom. The van der Waals surface area contributed by atoms with Gasteiger partial charge in [-0.15, -0.1) is 0 Å². The van der Waals surface area contributed by atoms with Crippen molar-refractivity contribution in [1.82, 2.24) is 10.3 Å². The van der Waals surface area contributed by atoms with E-state index in [0.717, 1.165) is 13.1 Å². The van der Waals surface area contributed by atoms with Crippen LogP contribution in [0.5, 0.6) is 0 Å². The Labute approximate surface area is 78.8 Å². The average Bonchev–Trinajstić information content (AvgIpc) is 2.19. The van der Waals surface area contributed by atoms with Gasteiger partial charge < -0.3 is 10.4 Å². The molecule has 13 heavy (non-hydrogen) atoms. The number of nitrogens with one attached hydrogen (secondary N) is 1. The molecule has 2 N–H and O–H groups in total. The molecule has 0 radical (unpaired) electrons. The van der Waals surface area contributed by atoms with Gasteiger partial charge in [-0.3, -0.25) is 4.98 Å². The molecule has 1 unspecified atom stereocenters. The van der Waals surface area contributed by atoms with Crippen LogP contribution in [0, 0.1) is 5.92 Å². The second-order valence-corrected chi connectivity index (χ2v) is 3.27. The Balaban J connectivity index is 2.20. The van der Waals surface area contributed by atoms with Gasteiger partial charge in [0.1, 0.15) is 0 Å². The summed E-state index contributed by atoms with van der Waals surface area (Å²) in [5.74, 6) is 0.321. The quantitative estimate of drug-likeness (QED) is 0.704. The third kappa shape index (κ3) is 4.01. The van der Waals surface area contributed by atoms with Gasteiger partial charge in [0.05, 0.1) is 0 Å². The lowest BCUT2D eigenvalue weighted by Gasteiger charge is -2.08. The van der Waals surface area contributed by atoms with Crippen molar-refractivity contribution in [1.29, 1.82) is 0 Å². The smallest absolute Gasteiger partial charge is 0.0468 e. The van der Waals surface area contributed by atoms with Crippen LogP contribution in [-0.4, -0.2) is 23.2 Å². The van der Waals surface area contributed by atoms with Crippen molar-refractivity contribution in [3.63, 3.8) is 0 Å². The van der Waals surface area contributed by atoms with Gasteiger partial charge >= 0.3 is 0 Å². The van der Waals surface area contributed by atoms with Crippen molar-refractivity contribution in [2.45, 2.75) is 13.5 Å². The molecule has 1 atom stereocenters. The van der Waals surface area contributed by atoms with Gasteiger partial charge in [0.15, 0.2) is 0 Å². The summed E-state index contributed by atoms with van der Waals surface area (Å²) < 4.78 is 0. The second kappa shape index (κ2) is 5.67. The number of hydrogen-bond donors (Lipinski definition) is 2. The zero-order chi connectivity index (χ0) is 9.52. The monoisotopic (exact) mass is 180 g/mol. The Morgan fingerprint density at radius 3 is 2.77 bits per heavy atom. The van der Waals surface area contributed by atoms with Crippen LogP contribution in [0.2, 0.25) is 0 Å². The highest BCUT2D eigenvalue weighted by Gasteiger charge is 1.98. The number of aromatic nitrogens is 1. The van der Waals surface area contributed by atoms with E-state index in [9.17, 15) is 0 Å². The highest BCUT2D eigenvalue weighted by molar-refractivity contribution is 5.08. The van der Waals surface area contributed by atoms with E-state index in [1.807, 2.05) is 19.1 Å². The normalized spacial score (nSPS) is 12.8. The van der Waals surface area contributed by atoms with Crippen molar-refractivity contribution >= 4 is 0 Å². The fourth-order valence-electron chi connectivity index (χ4n) is 1.03. The van der Waals surface area contributed by atoms with Gasteiger partial charge in [-0.25, -0.2) is 0 Å². The van der Waals surface area contributed by atoms with E-state index < -0.39 is 0 Å². The largest absolute Gasteiger partial charge is 0.396 e. The number of pyridine rings is 1. The van der Waals surface area contributed by atoms with Crippen molar-refractivity contribution in [3.8, 4) is 0 Å². The number of aliphatic hydroxyl groups is 1. The van der Waals surface area contributed by atoms with E-state index in [1.54, 1.807) is 12.4 Å². The van der Waals surface area contributed by atoms with Crippen molar-refractivity contribution in [3.05, 3.63) is 30.1 Å². The molecule has 0 saturated carbocycles. The van der Waals surface area contributed by atoms with E-state index in [4.69, 9.17) is 5.11 Å². The van der Waals surface area contributed by atoms with Crippen LogP contribution < -0.4 is 5.32 Å². The Bertz CT molecular complexity index is 226. The molecule has 0 aromatic carbocycles. The molecule has 3 heteroatoms. The maximum Gasteiger partial charge on any atom is 0.0468 e. The van der Waals surface area contributed by atoms with E-state index in [2.05, 4.69) is 10.3 Å². The maximum absolute atomic E-state index is 8.78. The summed E-state index contributed by atoms with van der Waals surface area (Å²) in [4.78, 5) is 3.94. The number of nitrogens with zero attached hydrogens (tertiary/aromatic N) is 1. The molecule has 1 aromatic rings. The van der Waals surface area contributed by atoms with Gasteiger partial charge in [-0.05, 0) is 23.6 Å². The zero-order valence-corrected chi connectivity index (χ0v) is 7.90. The highest BCUT2D eigenvalue weighted by Crippen LogP contribution is 1.96. The van der Waals surface area contributed by atoms with Crippen molar-refractivity contribution < 1.29 is 5.11 Å². The summed E-state index contributed by atoms with van der Waals surface area (Å²) in [7, 11) is 0. The lowest BCUT2D eigenvalue weighted by Crippen LogP contribution is -2.22. The summed E-state index contributed by atoms with van der Waals surface area (Å²) in [5, 5.41) is 12.0. The zero-order valence-electron chi connectivity index (χ0n) is 7.90. The number of hydrogen-bond acceptors (Lipinski definition) is 3. The number of rotatable bonds is 5. The molecule has 0 aliphatic heterocycles. The summed E-state index contributed by atoms with van der Waals surface area (Å²) in [6.07, 6.45) is 3.57. The molecular weight excluding hydrogens is 164 g/mol. The Hall–Kier alpha value is -0.930. The first-order chi connectivity index (χ1) is 6.33. The summed E-state index contributed by atoms with van der Waals surface area (Å²) >= 11 is 0. The second-order valence-electron chi connectivity index (χ2n) is 3.27. The SMILES string of the molecule is CC(CO)CNCc1ccncc1. The van der Waals surface area contributed by atoms with E-state index in [-0.39, 0.29) is 6.61 Å². The van der Waals surface area contributed by atoms with Crippen molar-refractivity contribution in [2.24, 2.45) is 5.92 Å². The van der Waals surface area contributed by atoms with Crippen LogP contribution in [0.1, 0.15) is 12.5 Å². The van der Waals surface area contributed by atoms with Gasteiger partial charge in [0, 0.05) is 32.1 Å². The topological polar surface area (TPSA) is 45.1 Å². The third-order valence-electron chi connectivity index (χ3n) is 1.88. The molecule has 0 bridgehead atoms. The first-order valence-corrected chi connectivity index (χ1v) is 4.53. The van der Waals surface area contributed by atoms with Crippen LogP contribution in [-0.2, 0) is 6.54 Å². The minimum atomic E-state index is 0.239. The lowest BCUT2D eigenvalue weighted by atomic mass is 10.2. The predicted octanol–water partition coefficient (Wildman–Crippen LogP) is 0.800. The summed E-state index contributed by atoms with van der Waals surface area (Å²) in [6.45, 7) is 3.94. The average molecular weight is 180 g/mol. The van der Waals surface area contributed by atoms with Gasteiger partial charge in [0.2, 0.25) is 0 Å². The molecule has 0 amide bonds. The Morgan fingerprint density at radius 1 is 1.46 bits per heavy atom. The lowest BCUT2D eigenvalue weighted by molar-refractivity contribution is 0.233. The molecule has 0 aliphatic carbocycles. The molecular formula is C10H16N2O. The van der Waals surface area contributed by atoms with Gasteiger partial charge in [0.25, 0.3) is 0 Å². The van der Waals surface area contributed by atoms with E-state index in [1.165, 1.54) is 5.56 Å². The molecule has 1 aromatic heterocycles. The molecule has 0 spiro atoms. The summed E-state index contributed by atoms with van der Waals surface area (Å²) in [6, 6.07) is 3.97. The van der Waals surface area contributed by atoms with E-state index >= 15 is 0 Å². The maximum atomic E-state index is 8.78. The van der Waals surface area contributed by atoms with Crippen LogP contribution in [0.3, 0.4) is 0 Å². The predicted molar refractivity (Wildman–Crippen MR) is 52.2 cm³/mol. The van der Waals surface area contributed by atoms with Gasteiger partial charge in [-0.2, -0.15) is 0 Å². The minimum Gasteiger partial charge on any atom is -0.396 e. The molecule has 0 aliphatic rings. The number of aliphatic hydroxyl groups excluding tert-OH is 1. The molecule has 1 heterocycles. The van der Waals surface area contributed by atoms with Gasteiger partial charge in [-0.1, -0.05) is 6.92 Å². The molecule has 72 valence electrons. The molecule has 0 fully saturated rings. The van der Waals surface area contributed by atoms with Crippen LogP contribution in [0.4, 0.5) is 0 Å². The molecule has 3 nitrogen and oxygen atoms in total. The van der Waals surface area contributed by atoms with Crippen LogP contribution >= 0.6 is 0 Å². The van der Waals surface area contributed by atoms with Crippen LogP contribution in [0.25, 0.3) is 0 Å². The fraction of sp³-hybridized carbons (Fsp3) is 0.500. The van der Waals surface area contributed by atoms with E-state index in [0.29, 0.717) is 5.92 Å². The minimum absolute atomic E-state index is 0.239. The first-order valence-electron chi connectivity index (χ1n) is 4.53. The first kappa shape index (κ1) is 10.2. The fourth-order valence-corrected chi connectivity index (χ4v) is 1.03. The molecule has 1 rings (SSSR count). The highest BCUT2D eigenvalue weighted by atomic mass is 16.3. The van der Waals surface area contributed by atoms with Crippen molar-refractivity contribution in [2.75, 3.05) is 13.2 Å².